The summed E-state index contributed by atoms with van der Waals surface area (Å²) in [6.07, 6.45) is 1.58. The van der Waals surface area contributed by atoms with Crippen molar-refractivity contribution in [1.29, 1.82) is 0 Å². The highest BCUT2D eigenvalue weighted by Gasteiger charge is 2.45. The van der Waals surface area contributed by atoms with E-state index in [0.717, 1.165) is 5.39 Å². The first-order valence-electron chi connectivity index (χ1n) is 9.77. The van der Waals surface area contributed by atoms with Gasteiger partial charge in [-0.1, -0.05) is 24.3 Å². The molecule has 0 bridgehead atoms. The van der Waals surface area contributed by atoms with Gasteiger partial charge in [0.2, 0.25) is 5.78 Å². The second-order valence-corrected chi connectivity index (χ2v) is 7.32. The van der Waals surface area contributed by atoms with Gasteiger partial charge in [0.1, 0.15) is 11.6 Å². The lowest BCUT2D eigenvalue weighted by Crippen LogP contribution is -2.35. The Balaban J connectivity index is 1.73. The fraction of sp³-hybridized carbons (Fsp3) is 0.261. The molecule has 3 aromatic rings. The molecule has 0 saturated heterocycles. The van der Waals surface area contributed by atoms with Crippen LogP contribution in [0.4, 0.5) is 0 Å². The summed E-state index contributed by atoms with van der Waals surface area (Å²) in [5.74, 6) is -1.69. The van der Waals surface area contributed by atoms with Crippen LogP contribution >= 0.6 is 0 Å². The number of fused-ring (bicyclic) bond motifs is 1. The molecule has 1 unspecified atom stereocenters. The van der Waals surface area contributed by atoms with Crippen LogP contribution in [0.1, 0.15) is 36.1 Å². The van der Waals surface area contributed by atoms with Crippen LogP contribution in [0.5, 0.6) is 0 Å². The summed E-state index contributed by atoms with van der Waals surface area (Å²) in [7, 11) is 0. The van der Waals surface area contributed by atoms with Gasteiger partial charge in [-0.25, -0.2) is 0 Å². The average molecular weight is 406 g/mol. The molecule has 3 heterocycles. The van der Waals surface area contributed by atoms with Gasteiger partial charge in [0.05, 0.1) is 24.0 Å². The number of carbonyl (C=O) groups excluding carboxylic acids is 2. The summed E-state index contributed by atoms with van der Waals surface area (Å²) in [4.78, 5) is 31.9. The minimum atomic E-state index is -0.824. The van der Waals surface area contributed by atoms with Crippen molar-refractivity contribution < 1.29 is 23.8 Å². The van der Waals surface area contributed by atoms with Crippen LogP contribution in [0.15, 0.2) is 70.5 Å². The van der Waals surface area contributed by atoms with E-state index in [-0.39, 0.29) is 30.6 Å². The number of hydrogen-bond donors (Lipinski definition) is 1. The third-order valence-corrected chi connectivity index (χ3v) is 4.95. The van der Waals surface area contributed by atoms with Crippen LogP contribution < -0.4 is 0 Å². The highest BCUT2D eigenvalue weighted by Crippen LogP contribution is 2.38. The molecule has 0 radical (unpaired) electrons. The molecule has 1 aliphatic heterocycles. The zero-order valence-electron chi connectivity index (χ0n) is 16.7. The maximum atomic E-state index is 13.3. The van der Waals surface area contributed by atoms with Gasteiger partial charge in [-0.15, -0.1) is 0 Å². The summed E-state index contributed by atoms with van der Waals surface area (Å²) >= 11 is 0. The molecular weight excluding hydrogens is 384 g/mol. The van der Waals surface area contributed by atoms with Gasteiger partial charge in [-0.2, -0.15) is 0 Å². The lowest BCUT2D eigenvalue weighted by Gasteiger charge is -2.26. The largest absolute Gasteiger partial charge is 0.503 e. The van der Waals surface area contributed by atoms with Crippen molar-refractivity contribution in [2.75, 3.05) is 13.2 Å². The standard InChI is InChI=1S/C23H22N2O5/c1-14(2)29-12-11-25-20(16-8-5-6-10-24-16)19(22(27)23(25)28)21(26)18-13-15-7-3-4-9-17(15)30-18/h3-10,13-14,20,27H,11-12H2,1-2H3. The molecule has 1 amide bonds. The zero-order valence-corrected chi connectivity index (χ0v) is 16.7. The van der Waals surface area contributed by atoms with E-state index in [1.54, 1.807) is 36.5 Å². The molecule has 7 heteroatoms. The topological polar surface area (TPSA) is 92.9 Å². The number of amides is 1. The van der Waals surface area contributed by atoms with Crippen LogP contribution in [0.25, 0.3) is 11.0 Å². The van der Waals surface area contributed by atoms with E-state index in [4.69, 9.17) is 9.15 Å². The molecule has 4 rings (SSSR count). The summed E-state index contributed by atoms with van der Waals surface area (Å²) in [6.45, 7) is 4.27. The number of pyridine rings is 1. The van der Waals surface area contributed by atoms with Crippen molar-refractivity contribution in [3.8, 4) is 0 Å². The number of nitrogens with zero attached hydrogens (tertiary/aromatic N) is 2. The number of aliphatic hydroxyl groups excluding tert-OH is 1. The maximum absolute atomic E-state index is 13.3. The summed E-state index contributed by atoms with van der Waals surface area (Å²) in [5, 5.41) is 11.4. The highest BCUT2D eigenvalue weighted by molar-refractivity contribution is 6.15. The molecule has 30 heavy (non-hydrogen) atoms. The van der Waals surface area contributed by atoms with Crippen molar-refractivity contribution in [2.24, 2.45) is 0 Å². The molecule has 7 nitrogen and oxygen atoms in total. The van der Waals surface area contributed by atoms with E-state index in [9.17, 15) is 14.7 Å². The van der Waals surface area contributed by atoms with E-state index in [1.807, 2.05) is 32.0 Å². The summed E-state index contributed by atoms with van der Waals surface area (Å²) in [6, 6.07) is 13.3. The number of aromatic nitrogens is 1. The predicted octanol–water partition coefficient (Wildman–Crippen LogP) is 3.83. The van der Waals surface area contributed by atoms with Crippen molar-refractivity contribution in [2.45, 2.75) is 26.0 Å². The Morgan fingerprint density at radius 2 is 2.00 bits per heavy atom. The molecule has 1 aromatic carbocycles. The first kappa shape index (κ1) is 19.8. The summed E-state index contributed by atoms with van der Waals surface area (Å²) < 4.78 is 11.3. The Hall–Kier alpha value is -3.45. The number of para-hydroxylation sites is 1. The minimum absolute atomic E-state index is 0.00536. The Bertz CT molecular complexity index is 1080. The minimum Gasteiger partial charge on any atom is -0.503 e. The fourth-order valence-corrected chi connectivity index (χ4v) is 3.57. The quantitative estimate of drug-likeness (QED) is 0.600. The lowest BCUT2D eigenvalue weighted by molar-refractivity contribution is -0.130. The number of aliphatic hydroxyl groups is 1. The van der Waals surface area contributed by atoms with E-state index >= 15 is 0 Å². The average Bonchev–Trinajstić information content (AvgIpc) is 3.28. The smallest absolute Gasteiger partial charge is 0.290 e. The van der Waals surface area contributed by atoms with Crippen molar-refractivity contribution in [3.63, 3.8) is 0 Å². The zero-order chi connectivity index (χ0) is 21.3. The Morgan fingerprint density at radius 3 is 2.70 bits per heavy atom. The molecule has 0 spiro atoms. The van der Waals surface area contributed by atoms with Crippen LogP contribution in [-0.2, 0) is 9.53 Å². The third-order valence-electron chi connectivity index (χ3n) is 4.95. The lowest BCUT2D eigenvalue weighted by atomic mass is 9.98. The van der Waals surface area contributed by atoms with E-state index in [2.05, 4.69) is 4.98 Å². The summed E-state index contributed by atoms with van der Waals surface area (Å²) in [5.41, 5.74) is 1.00. The number of carbonyl (C=O) groups is 2. The molecule has 1 atom stereocenters. The number of furan rings is 1. The number of ether oxygens (including phenoxy) is 1. The van der Waals surface area contributed by atoms with Gasteiger partial charge in [0.25, 0.3) is 5.91 Å². The number of ketones is 1. The maximum Gasteiger partial charge on any atom is 0.290 e. The first-order valence-corrected chi connectivity index (χ1v) is 9.77. The molecule has 0 aliphatic carbocycles. The Morgan fingerprint density at radius 1 is 1.23 bits per heavy atom. The third kappa shape index (κ3) is 3.59. The van der Waals surface area contributed by atoms with Gasteiger partial charge in [0.15, 0.2) is 11.5 Å². The van der Waals surface area contributed by atoms with Gasteiger partial charge in [-0.05, 0) is 38.1 Å². The Kier molecular flexibility index (Phi) is 5.37. The molecule has 1 aliphatic rings. The number of Topliss-reactive ketones (excluding diaryl/α,β-unsaturated/α-hetero) is 1. The van der Waals surface area contributed by atoms with E-state index < -0.39 is 23.5 Å². The second-order valence-electron chi connectivity index (χ2n) is 7.32. The second kappa shape index (κ2) is 8.12. The van der Waals surface area contributed by atoms with Crippen molar-refractivity contribution in [3.05, 3.63) is 77.5 Å². The van der Waals surface area contributed by atoms with Crippen LogP contribution in [-0.4, -0.2) is 45.9 Å². The van der Waals surface area contributed by atoms with Gasteiger partial charge in [0, 0.05) is 18.1 Å². The molecule has 0 fully saturated rings. The highest BCUT2D eigenvalue weighted by atomic mass is 16.5. The van der Waals surface area contributed by atoms with Crippen molar-refractivity contribution in [1.82, 2.24) is 9.88 Å². The number of hydrogen-bond acceptors (Lipinski definition) is 6. The molecule has 154 valence electrons. The SMILES string of the molecule is CC(C)OCCN1C(=O)C(O)=C(C(=O)c2cc3ccccc3o2)C1c1ccccn1. The molecule has 2 aromatic heterocycles. The van der Waals surface area contributed by atoms with Gasteiger partial charge in [-0.3, -0.25) is 14.6 Å². The molecular formula is C23H22N2O5. The number of rotatable bonds is 7. The van der Waals surface area contributed by atoms with Crippen LogP contribution in [0, 0.1) is 0 Å². The Labute approximate surface area is 173 Å². The normalized spacial score (nSPS) is 16.8. The molecule has 1 N–H and O–H groups in total. The number of benzene rings is 1. The van der Waals surface area contributed by atoms with Crippen molar-refractivity contribution >= 4 is 22.7 Å². The monoisotopic (exact) mass is 406 g/mol. The fourth-order valence-electron chi connectivity index (χ4n) is 3.57. The van der Waals surface area contributed by atoms with Crippen LogP contribution in [0.2, 0.25) is 0 Å². The van der Waals surface area contributed by atoms with Crippen LogP contribution in [0.3, 0.4) is 0 Å². The van der Waals surface area contributed by atoms with Gasteiger partial charge < -0.3 is 19.2 Å². The van der Waals surface area contributed by atoms with E-state index in [0.29, 0.717) is 11.3 Å². The van der Waals surface area contributed by atoms with E-state index in [1.165, 1.54) is 4.90 Å². The first-order chi connectivity index (χ1) is 14.5. The predicted molar refractivity (Wildman–Crippen MR) is 110 cm³/mol. The molecule has 0 saturated carbocycles. The van der Waals surface area contributed by atoms with Gasteiger partial charge >= 0.3 is 0 Å².